The van der Waals surface area contributed by atoms with Crippen molar-refractivity contribution in [2.24, 2.45) is 0 Å². The highest BCUT2D eigenvalue weighted by Crippen LogP contribution is 2.35. The van der Waals surface area contributed by atoms with E-state index in [0.29, 0.717) is 40.7 Å². The number of carbonyl (C=O) groups is 1. The Morgan fingerprint density at radius 2 is 1.96 bits per heavy atom. The van der Waals surface area contributed by atoms with Crippen LogP contribution in [0.3, 0.4) is 0 Å². The number of nitrogens with zero attached hydrogens (tertiary/aromatic N) is 4. The van der Waals surface area contributed by atoms with Crippen LogP contribution >= 0.6 is 0 Å². The van der Waals surface area contributed by atoms with Gasteiger partial charge in [0.1, 0.15) is 5.82 Å². The van der Waals surface area contributed by atoms with Gasteiger partial charge < -0.3 is 29.4 Å². The Labute approximate surface area is 274 Å². The molecular formula is C37H41N7O3. The van der Waals surface area contributed by atoms with Crippen molar-refractivity contribution >= 4 is 46.1 Å². The molecule has 1 unspecified atom stereocenters. The third kappa shape index (κ3) is 7.18. The fourth-order valence-electron chi connectivity index (χ4n) is 6.50. The molecule has 1 saturated heterocycles. The number of amides is 2. The molecule has 0 radical (unpaired) electrons. The van der Waals surface area contributed by atoms with Crippen LogP contribution in [0.2, 0.25) is 0 Å². The Bertz CT molecular complexity index is 1860. The van der Waals surface area contributed by atoms with Crippen LogP contribution < -0.4 is 30.3 Å². The number of carbonyl (C=O) groups excluding carboxylic acids is 1. The molecule has 3 aromatic heterocycles. The van der Waals surface area contributed by atoms with E-state index in [-0.39, 0.29) is 12.1 Å². The van der Waals surface area contributed by atoms with Crippen LogP contribution in [0, 0.1) is 0 Å². The van der Waals surface area contributed by atoms with E-state index in [1.165, 1.54) is 11.3 Å². The van der Waals surface area contributed by atoms with Crippen LogP contribution in [-0.4, -0.2) is 66.3 Å². The van der Waals surface area contributed by atoms with Gasteiger partial charge in [-0.25, -0.2) is 14.8 Å². The third-order valence-corrected chi connectivity index (χ3v) is 8.91. The molecule has 242 valence electrons. The number of ether oxygens (including phenoxy) is 2. The van der Waals surface area contributed by atoms with Crippen LogP contribution in [0.15, 0.2) is 73.1 Å². The fraction of sp³-hybridized carbons (Fsp3) is 0.324. The summed E-state index contributed by atoms with van der Waals surface area (Å²) in [6.07, 6.45) is 12.7. The first-order valence-electron chi connectivity index (χ1n) is 16.5. The lowest BCUT2D eigenvalue weighted by atomic mass is 10.1. The number of nitrogens with one attached hydrogen (secondary N) is 3. The van der Waals surface area contributed by atoms with E-state index in [4.69, 9.17) is 19.4 Å². The number of pyridine rings is 1. The Balaban J connectivity index is 1.13. The lowest BCUT2D eigenvalue weighted by Gasteiger charge is -2.20. The van der Waals surface area contributed by atoms with Gasteiger partial charge in [-0.3, -0.25) is 5.32 Å². The van der Waals surface area contributed by atoms with Crippen molar-refractivity contribution in [3.8, 4) is 11.5 Å². The predicted molar refractivity (Wildman–Crippen MR) is 188 cm³/mol. The molecule has 0 saturated carbocycles. The molecule has 10 heteroatoms. The lowest BCUT2D eigenvalue weighted by Crippen LogP contribution is -2.38. The molecule has 2 aliphatic rings. The molecule has 0 bridgehead atoms. The van der Waals surface area contributed by atoms with Gasteiger partial charge in [-0.05, 0) is 98.8 Å². The maximum absolute atomic E-state index is 13.3. The molecular weight excluding hydrogens is 590 g/mol. The lowest BCUT2D eigenvalue weighted by molar-refractivity contribution is 0.247. The van der Waals surface area contributed by atoms with Crippen molar-refractivity contribution in [1.29, 1.82) is 0 Å². The summed E-state index contributed by atoms with van der Waals surface area (Å²) in [5.41, 5.74) is 5.49. The number of methoxy groups -OCH3 is 1. The molecule has 3 N–H and O–H groups in total. The van der Waals surface area contributed by atoms with Crippen molar-refractivity contribution in [3.63, 3.8) is 0 Å². The van der Waals surface area contributed by atoms with Gasteiger partial charge >= 0.3 is 6.03 Å². The van der Waals surface area contributed by atoms with Gasteiger partial charge in [-0.15, -0.1) is 0 Å². The summed E-state index contributed by atoms with van der Waals surface area (Å²) in [6, 6.07) is 20.3. The van der Waals surface area contributed by atoms with E-state index in [9.17, 15) is 4.79 Å². The van der Waals surface area contributed by atoms with E-state index >= 15 is 0 Å². The summed E-state index contributed by atoms with van der Waals surface area (Å²) >= 11 is 0. The Hall–Kier alpha value is -5.09. The van der Waals surface area contributed by atoms with Crippen LogP contribution in [0.1, 0.15) is 42.6 Å². The highest BCUT2D eigenvalue weighted by atomic mass is 16.5. The van der Waals surface area contributed by atoms with Gasteiger partial charge in [0.2, 0.25) is 0 Å². The van der Waals surface area contributed by atoms with Crippen molar-refractivity contribution in [3.05, 3.63) is 90.0 Å². The number of hydrogen-bond acceptors (Lipinski definition) is 7. The monoisotopic (exact) mass is 631 g/mol. The molecule has 1 atom stereocenters. The molecule has 0 spiro atoms. The van der Waals surface area contributed by atoms with E-state index in [1.54, 1.807) is 7.11 Å². The smallest absolute Gasteiger partial charge is 0.320 e. The Kier molecular flexibility index (Phi) is 9.19. The quantitative estimate of drug-likeness (QED) is 0.159. The van der Waals surface area contributed by atoms with Crippen molar-refractivity contribution in [2.75, 3.05) is 50.1 Å². The number of para-hydroxylation sites is 1. The zero-order valence-electron chi connectivity index (χ0n) is 26.7. The number of rotatable bonds is 10. The Morgan fingerprint density at radius 3 is 2.87 bits per heavy atom. The van der Waals surface area contributed by atoms with Crippen LogP contribution in [-0.2, 0) is 6.42 Å². The minimum absolute atomic E-state index is 0.100. The molecule has 0 aliphatic carbocycles. The zero-order valence-corrected chi connectivity index (χ0v) is 26.7. The second-order valence-electron chi connectivity index (χ2n) is 12.1. The first kappa shape index (κ1) is 30.6. The largest absolute Gasteiger partial charge is 0.493 e. The van der Waals surface area contributed by atoms with E-state index in [2.05, 4.69) is 67.8 Å². The minimum atomic E-state index is -0.283. The van der Waals surface area contributed by atoms with E-state index in [0.717, 1.165) is 69.4 Å². The van der Waals surface area contributed by atoms with E-state index < -0.39 is 0 Å². The maximum Gasteiger partial charge on any atom is 0.320 e. The number of hydrogen-bond donors (Lipinski definition) is 3. The van der Waals surface area contributed by atoms with Crippen molar-refractivity contribution < 1.29 is 14.3 Å². The zero-order chi connectivity index (χ0) is 32.0. The number of anilines is 2. The van der Waals surface area contributed by atoms with E-state index in [1.807, 2.05) is 42.6 Å². The van der Waals surface area contributed by atoms with Gasteiger partial charge in [-0.2, -0.15) is 0 Å². The SMILES string of the molecule is COc1cc2nc(/C=C/c3cc4ccccn4c3)nc(NC(=O)NC3CCCNCC3)c2cc1OCCCN1CCc2ccccc21. The molecule has 5 heterocycles. The standard InChI is InChI=1S/C37H41N7O3/c1-46-33-24-31-30(23-34(33)47-21-7-19-43-20-15-27-8-2-3-11-32(27)43)36(42-37(45)39-28-9-6-16-38-17-14-28)41-35(40-31)13-12-26-22-29-10-4-5-18-44(29)25-26/h2-5,8,10-13,18,22-25,28,38H,6-7,9,14-17,19-21H2,1H3,(H2,39,40,41,42,45)/b13-12+. The normalized spacial score (nSPS) is 16.4. The summed E-state index contributed by atoms with van der Waals surface area (Å²) in [5.74, 6) is 2.07. The molecule has 47 heavy (non-hydrogen) atoms. The molecule has 7 rings (SSSR count). The molecule has 2 aromatic carbocycles. The minimum Gasteiger partial charge on any atom is -0.493 e. The van der Waals surface area contributed by atoms with Gasteiger partial charge in [-0.1, -0.05) is 24.3 Å². The fourth-order valence-corrected chi connectivity index (χ4v) is 6.50. The van der Waals surface area contributed by atoms with Gasteiger partial charge in [0.15, 0.2) is 17.3 Å². The average Bonchev–Trinajstić information content (AvgIpc) is 3.61. The number of fused-ring (bicyclic) bond motifs is 3. The molecule has 2 amide bonds. The summed E-state index contributed by atoms with van der Waals surface area (Å²) in [6.45, 7) is 4.32. The summed E-state index contributed by atoms with van der Waals surface area (Å²) in [7, 11) is 1.63. The first-order valence-corrected chi connectivity index (χ1v) is 16.5. The Morgan fingerprint density at radius 1 is 1.04 bits per heavy atom. The maximum atomic E-state index is 13.3. The van der Waals surface area contributed by atoms with Crippen molar-refractivity contribution in [1.82, 2.24) is 25.0 Å². The topological polar surface area (TPSA) is 105 Å². The molecule has 5 aromatic rings. The summed E-state index contributed by atoms with van der Waals surface area (Å²) in [5, 5.41) is 10.2. The predicted octanol–water partition coefficient (Wildman–Crippen LogP) is 6.16. The molecule has 1 fully saturated rings. The van der Waals surface area contributed by atoms with Crippen LogP contribution in [0.5, 0.6) is 11.5 Å². The average molecular weight is 632 g/mol. The third-order valence-electron chi connectivity index (χ3n) is 8.91. The summed E-state index contributed by atoms with van der Waals surface area (Å²) < 4.78 is 14.1. The van der Waals surface area contributed by atoms with Crippen molar-refractivity contribution in [2.45, 2.75) is 38.1 Å². The second-order valence-corrected chi connectivity index (χ2v) is 12.1. The second kappa shape index (κ2) is 14.1. The van der Waals surface area contributed by atoms with Crippen LogP contribution in [0.4, 0.5) is 16.3 Å². The highest BCUT2D eigenvalue weighted by Gasteiger charge is 2.20. The van der Waals surface area contributed by atoms with Gasteiger partial charge in [0.05, 0.1) is 19.2 Å². The first-order chi connectivity index (χ1) is 23.1. The number of aromatic nitrogens is 3. The van der Waals surface area contributed by atoms with Gasteiger partial charge in [0, 0.05) is 54.2 Å². The molecule has 2 aliphatic heterocycles. The highest BCUT2D eigenvalue weighted by molar-refractivity contribution is 6.00. The van der Waals surface area contributed by atoms with Gasteiger partial charge in [0.25, 0.3) is 0 Å². The number of urea groups is 1. The summed E-state index contributed by atoms with van der Waals surface area (Å²) in [4.78, 5) is 25.3. The number of benzene rings is 2. The molecule has 10 nitrogen and oxygen atoms in total. The van der Waals surface area contributed by atoms with Crippen LogP contribution in [0.25, 0.3) is 28.6 Å².